The fraction of sp³-hybridized carbons (Fsp3) is 0.413. The van der Waals surface area contributed by atoms with Gasteiger partial charge in [-0.15, -0.1) is 23.7 Å². The summed E-state index contributed by atoms with van der Waals surface area (Å²) in [6.07, 6.45) is 6.77. The zero-order valence-electron chi connectivity index (χ0n) is 34.4. The lowest BCUT2D eigenvalue weighted by atomic mass is 9.95. The quantitative estimate of drug-likeness (QED) is 0.0687. The molecule has 3 amide bonds. The summed E-state index contributed by atoms with van der Waals surface area (Å²) >= 11 is 1.48. The van der Waals surface area contributed by atoms with Crippen molar-refractivity contribution in [2.75, 3.05) is 23.7 Å². The van der Waals surface area contributed by atoms with Crippen LogP contribution in [0.4, 0.5) is 10.7 Å². The van der Waals surface area contributed by atoms with E-state index in [0.29, 0.717) is 41.4 Å². The van der Waals surface area contributed by atoms with E-state index in [0.717, 1.165) is 78.5 Å². The van der Waals surface area contributed by atoms with Crippen LogP contribution in [-0.2, 0) is 41.8 Å². The Labute approximate surface area is 357 Å². The van der Waals surface area contributed by atoms with E-state index in [2.05, 4.69) is 29.4 Å². The van der Waals surface area contributed by atoms with E-state index >= 15 is 0 Å². The summed E-state index contributed by atoms with van der Waals surface area (Å²) in [5.41, 5.74) is 6.02. The summed E-state index contributed by atoms with van der Waals surface area (Å²) in [4.78, 5) is 68.3. The van der Waals surface area contributed by atoms with Gasteiger partial charge in [0.15, 0.2) is 0 Å². The van der Waals surface area contributed by atoms with Crippen LogP contribution in [0, 0.1) is 0 Å². The average molecular weight is 846 g/mol. The standard InChI is InChI=1S/C46H56N4O7S.ClH/c1-5-37(6-2)49(26-27-50(30(3)4)40(51)24-25-41(52)53)29-33-10-9-11-35(28-33)43(54)48-45-42(38-12-7-8-13-39(38)58-45)44(55)47-36-22-18-32(19-23-36)15-14-31-16-20-34(21-17-31)46(56)57;/h9-11,16-23,28,30,37H,5-8,12-15,24-27,29H2,1-4H3,(H,47,55)(H,48,54)(H,52,53)(H,56,57);1H. The summed E-state index contributed by atoms with van der Waals surface area (Å²) in [7, 11) is 0. The number of hydrogen-bond donors (Lipinski definition) is 4. The summed E-state index contributed by atoms with van der Waals surface area (Å²) in [6, 6.07) is 22.3. The molecule has 11 nitrogen and oxygen atoms in total. The van der Waals surface area contributed by atoms with Crippen LogP contribution in [0.2, 0.25) is 0 Å². The smallest absolute Gasteiger partial charge is 0.335 e. The topological polar surface area (TPSA) is 156 Å². The first-order valence-corrected chi connectivity index (χ1v) is 21.2. The molecule has 5 rings (SSSR count). The van der Waals surface area contributed by atoms with Gasteiger partial charge in [-0.05, 0) is 124 Å². The molecule has 0 saturated carbocycles. The molecule has 1 heterocycles. The van der Waals surface area contributed by atoms with E-state index in [9.17, 15) is 24.0 Å². The molecule has 13 heteroatoms. The van der Waals surface area contributed by atoms with Crippen LogP contribution >= 0.6 is 23.7 Å². The van der Waals surface area contributed by atoms with Crippen molar-refractivity contribution < 1.29 is 34.2 Å². The largest absolute Gasteiger partial charge is 0.481 e. The third-order valence-corrected chi connectivity index (χ3v) is 12.1. The van der Waals surface area contributed by atoms with Gasteiger partial charge in [0.05, 0.1) is 17.5 Å². The predicted molar refractivity (Wildman–Crippen MR) is 236 cm³/mol. The number of carbonyl (C=O) groups is 5. The Morgan fingerprint density at radius 1 is 0.746 bits per heavy atom. The highest BCUT2D eigenvalue weighted by Gasteiger charge is 2.27. The normalized spacial score (nSPS) is 12.2. The summed E-state index contributed by atoms with van der Waals surface area (Å²) in [6.45, 7) is 9.81. The number of carbonyl (C=O) groups excluding carboxylic acids is 3. The summed E-state index contributed by atoms with van der Waals surface area (Å²) < 4.78 is 0. The molecule has 0 bridgehead atoms. The van der Waals surface area contributed by atoms with Crippen LogP contribution in [0.5, 0.6) is 0 Å². The maximum atomic E-state index is 14.0. The zero-order chi connectivity index (χ0) is 41.8. The van der Waals surface area contributed by atoms with Gasteiger partial charge in [0.1, 0.15) is 5.00 Å². The third kappa shape index (κ3) is 13.0. The lowest BCUT2D eigenvalue weighted by Gasteiger charge is -2.34. The number of rotatable bonds is 20. The molecule has 1 aromatic heterocycles. The molecule has 4 N–H and O–H groups in total. The van der Waals surface area contributed by atoms with Crippen molar-refractivity contribution in [2.24, 2.45) is 0 Å². The number of aliphatic carboxylic acids is 1. The second-order valence-electron chi connectivity index (χ2n) is 15.2. The second kappa shape index (κ2) is 22.4. The molecule has 0 spiro atoms. The number of anilines is 2. The molecule has 1 aliphatic rings. The number of benzene rings is 3. The lowest BCUT2D eigenvalue weighted by molar-refractivity contribution is -0.141. The molecule has 1 aliphatic carbocycles. The molecule has 0 saturated heterocycles. The first-order valence-electron chi connectivity index (χ1n) is 20.4. The van der Waals surface area contributed by atoms with Crippen LogP contribution in [0.3, 0.4) is 0 Å². The maximum absolute atomic E-state index is 14.0. The Morgan fingerprint density at radius 3 is 2.00 bits per heavy atom. The Balaban J connectivity index is 0.00000769. The van der Waals surface area contributed by atoms with Crippen LogP contribution in [0.15, 0.2) is 72.8 Å². The fourth-order valence-corrected chi connectivity index (χ4v) is 8.91. The second-order valence-corrected chi connectivity index (χ2v) is 16.3. The minimum absolute atomic E-state index is 0. The Hall–Kier alpha value is -5.04. The molecule has 0 fully saturated rings. The number of fused-ring (bicyclic) bond motifs is 1. The van der Waals surface area contributed by atoms with Crippen molar-refractivity contribution in [1.29, 1.82) is 0 Å². The summed E-state index contributed by atoms with van der Waals surface area (Å²) in [5, 5.41) is 25.0. The number of carboxylic acid groups (broad SMARTS) is 2. The highest BCUT2D eigenvalue weighted by molar-refractivity contribution is 7.17. The molecule has 316 valence electrons. The van der Waals surface area contributed by atoms with Crippen molar-refractivity contribution in [1.82, 2.24) is 9.80 Å². The molecular weight excluding hydrogens is 788 g/mol. The number of hydrogen-bond acceptors (Lipinski definition) is 7. The van der Waals surface area contributed by atoms with Gasteiger partial charge in [-0.2, -0.15) is 0 Å². The number of nitrogens with one attached hydrogen (secondary N) is 2. The van der Waals surface area contributed by atoms with Gasteiger partial charge in [0, 0.05) is 54.3 Å². The number of aromatic carboxylic acids is 1. The number of thiophene rings is 1. The number of amides is 3. The van der Waals surface area contributed by atoms with Gasteiger partial charge >= 0.3 is 11.9 Å². The Morgan fingerprint density at radius 2 is 1.39 bits per heavy atom. The molecule has 0 unspecified atom stereocenters. The highest BCUT2D eigenvalue weighted by atomic mass is 35.5. The first kappa shape index (κ1) is 46.6. The number of nitrogens with zero attached hydrogens (tertiary/aromatic N) is 2. The van der Waals surface area contributed by atoms with Crippen molar-refractivity contribution in [2.45, 2.75) is 111 Å². The van der Waals surface area contributed by atoms with E-state index in [4.69, 9.17) is 10.2 Å². The van der Waals surface area contributed by atoms with Crippen molar-refractivity contribution in [3.05, 3.63) is 117 Å². The SMILES string of the molecule is CCC(CC)N(CCN(C(=O)CCC(=O)O)C(C)C)Cc1cccc(C(=O)Nc2sc3c(c2C(=O)Nc2ccc(CCc4ccc(C(=O)O)cc4)cc2)CCCC3)c1.Cl. The Kier molecular flexibility index (Phi) is 17.7. The van der Waals surface area contributed by atoms with Crippen LogP contribution < -0.4 is 10.6 Å². The van der Waals surface area contributed by atoms with E-state index in [-0.39, 0.29) is 60.6 Å². The monoisotopic (exact) mass is 844 g/mol. The molecular formula is C46H57ClN4O7S. The predicted octanol–water partition coefficient (Wildman–Crippen LogP) is 9.13. The van der Waals surface area contributed by atoms with Gasteiger partial charge < -0.3 is 25.7 Å². The van der Waals surface area contributed by atoms with Gasteiger partial charge in [-0.25, -0.2) is 4.79 Å². The van der Waals surface area contributed by atoms with Crippen molar-refractivity contribution in [3.63, 3.8) is 0 Å². The number of carboxylic acids is 2. The number of aryl methyl sites for hydroxylation is 3. The molecule has 0 aliphatic heterocycles. The van der Waals surface area contributed by atoms with Crippen LogP contribution in [0.1, 0.15) is 124 Å². The van der Waals surface area contributed by atoms with Crippen LogP contribution in [-0.4, -0.2) is 74.8 Å². The molecule has 0 radical (unpaired) electrons. The summed E-state index contributed by atoms with van der Waals surface area (Å²) in [5.74, 6) is -2.65. The third-order valence-electron chi connectivity index (χ3n) is 10.9. The molecule has 3 aromatic carbocycles. The molecule has 0 atom stereocenters. The van der Waals surface area contributed by atoms with Crippen molar-refractivity contribution in [3.8, 4) is 0 Å². The minimum Gasteiger partial charge on any atom is -0.481 e. The lowest BCUT2D eigenvalue weighted by Crippen LogP contribution is -2.45. The Bertz CT molecular complexity index is 2060. The fourth-order valence-electron chi connectivity index (χ4n) is 7.63. The van der Waals surface area contributed by atoms with Gasteiger partial charge in [-0.1, -0.05) is 50.2 Å². The van der Waals surface area contributed by atoms with E-state index in [1.807, 2.05) is 68.4 Å². The minimum atomic E-state index is -0.988. The van der Waals surface area contributed by atoms with E-state index in [1.54, 1.807) is 23.1 Å². The average Bonchev–Trinajstić information content (AvgIpc) is 3.58. The molecule has 59 heavy (non-hydrogen) atoms. The van der Waals surface area contributed by atoms with Crippen LogP contribution in [0.25, 0.3) is 0 Å². The molecule has 4 aromatic rings. The van der Waals surface area contributed by atoms with E-state index in [1.165, 1.54) is 11.3 Å². The zero-order valence-corrected chi connectivity index (χ0v) is 36.1. The van der Waals surface area contributed by atoms with E-state index < -0.39 is 11.9 Å². The number of halogens is 1. The van der Waals surface area contributed by atoms with Gasteiger partial charge in [0.2, 0.25) is 5.91 Å². The van der Waals surface area contributed by atoms with Crippen molar-refractivity contribution >= 4 is 64.1 Å². The maximum Gasteiger partial charge on any atom is 0.335 e. The van der Waals surface area contributed by atoms with Gasteiger partial charge in [-0.3, -0.25) is 24.1 Å². The van der Waals surface area contributed by atoms with Gasteiger partial charge in [0.25, 0.3) is 11.8 Å². The first-order chi connectivity index (χ1) is 27.9. The highest BCUT2D eigenvalue weighted by Crippen LogP contribution is 2.39.